The van der Waals surface area contributed by atoms with Gasteiger partial charge in [-0.05, 0) is 54.0 Å². The maximum Gasteiger partial charge on any atom is 0.269 e. The van der Waals surface area contributed by atoms with Crippen molar-refractivity contribution in [2.75, 3.05) is 20.2 Å². The van der Waals surface area contributed by atoms with Crippen LogP contribution in [0, 0.1) is 0 Å². The summed E-state index contributed by atoms with van der Waals surface area (Å²) in [5.74, 6) is 0.303. The Morgan fingerprint density at radius 3 is 2.41 bits per heavy atom. The molecule has 1 heterocycles. The smallest absolute Gasteiger partial charge is 0.269 e. The highest BCUT2D eigenvalue weighted by molar-refractivity contribution is 7.81. The molecule has 1 N–H and O–H groups in total. The first-order valence-electron chi connectivity index (χ1n) is 11.7. The van der Waals surface area contributed by atoms with E-state index in [-0.39, 0.29) is 10.6 Å². The highest BCUT2D eigenvalue weighted by Crippen LogP contribution is 2.22. The van der Waals surface area contributed by atoms with E-state index in [0.717, 1.165) is 16.9 Å². The molecule has 1 atom stereocenters. The van der Waals surface area contributed by atoms with Crippen molar-refractivity contribution < 1.29 is 13.7 Å². The van der Waals surface area contributed by atoms with Gasteiger partial charge in [0, 0.05) is 25.2 Å². The molecular weight excluding hydrogens is 533 g/mol. The van der Waals surface area contributed by atoms with E-state index in [2.05, 4.69) is 4.72 Å². The lowest BCUT2D eigenvalue weighted by Gasteiger charge is -2.17. The second kappa shape index (κ2) is 13.6. The molecule has 1 aromatic heterocycles. The van der Waals surface area contributed by atoms with Crippen LogP contribution in [0.15, 0.2) is 59.4 Å². The number of carbonyl (C=O) groups is 1. The Bertz CT molecular complexity index is 1350. The molecule has 3 rings (SSSR count). The highest BCUT2D eigenvalue weighted by atomic mass is 35.5. The summed E-state index contributed by atoms with van der Waals surface area (Å²) in [6.45, 7) is 5.20. The zero-order chi connectivity index (χ0) is 26.9. The van der Waals surface area contributed by atoms with Gasteiger partial charge in [-0.25, -0.2) is 8.51 Å². The molecule has 0 aliphatic heterocycles. The molecule has 0 bridgehead atoms. The largest absolute Gasteiger partial charge is 0.497 e. The maximum atomic E-state index is 12.9. The third kappa shape index (κ3) is 7.55. The van der Waals surface area contributed by atoms with Gasteiger partial charge in [-0.1, -0.05) is 67.4 Å². The Balaban J connectivity index is 1.77. The van der Waals surface area contributed by atoms with Gasteiger partial charge in [-0.3, -0.25) is 14.3 Å². The molecule has 196 valence electrons. The molecule has 1 unspecified atom stereocenters. The summed E-state index contributed by atoms with van der Waals surface area (Å²) in [4.78, 5) is 25.3. The Labute approximate surface area is 229 Å². The van der Waals surface area contributed by atoms with Crippen molar-refractivity contribution in [2.45, 2.75) is 26.8 Å². The normalized spacial score (nSPS) is 12.2. The third-order valence-electron chi connectivity index (χ3n) is 5.73. The summed E-state index contributed by atoms with van der Waals surface area (Å²) < 4.78 is 23.2. The molecule has 0 radical (unpaired) electrons. The van der Waals surface area contributed by atoms with Crippen molar-refractivity contribution in [3.05, 3.63) is 97.4 Å². The standard InChI is InChI=1S/C27H29Cl2N3O4S/c1-4-31(5-2)37(35)30-26(33)21-12-9-19(10-13-21)15-16-32-25(23(28)18-24(29)27(32)34)14-11-20-7-6-8-22(17-20)36-3/h6-14,17-18H,4-5,15-16H2,1-3H3,(H,30,33)/b14-11+. The van der Waals surface area contributed by atoms with Crippen molar-refractivity contribution in [3.8, 4) is 5.75 Å². The van der Waals surface area contributed by atoms with Crippen LogP contribution < -0.4 is 15.0 Å². The average Bonchev–Trinajstić information content (AvgIpc) is 2.90. The Kier molecular flexibility index (Phi) is 10.5. The van der Waals surface area contributed by atoms with E-state index in [1.807, 2.05) is 44.2 Å². The molecule has 37 heavy (non-hydrogen) atoms. The second-order valence-electron chi connectivity index (χ2n) is 8.03. The van der Waals surface area contributed by atoms with Crippen LogP contribution in [0.2, 0.25) is 10.0 Å². The minimum Gasteiger partial charge on any atom is -0.497 e. The number of carbonyl (C=O) groups excluding carboxylic acids is 1. The molecule has 2 aromatic carbocycles. The molecule has 0 spiro atoms. The predicted molar refractivity (Wildman–Crippen MR) is 151 cm³/mol. The number of halogens is 2. The summed E-state index contributed by atoms with van der Waals surface area (Å²) in [5.41, 5.74) is 2.39. The number of benzene rings is 2. The Morgan fingerprint density at radius 1 is 1.05 bits per heavy atom. The van der Waals surface area contributed by atoms with E-state index in [9.17, 15) is 13.8 Å². The lowest BCUT2D eigenvalue weighted by atomic mass is 10.1. The number of nitrogens with zero attached hydrogens (tertiary/aromatic N) is 2. The zero-order valence-electron chi connectivity index (χ0n) is 20.9. The van der Waals surface area contributed by atoms with Crippen molar-refractivity contribution in [1.29, 1.82) is 0 Å². The van der Waals surface area contributed by atoms with Gasteiger partial charge in [-0.15, -0.1) is 0 Å². The number of aryl methyl sites for hydroxylation is 1. The number of ether oxygens (including phenoxy) is 1. The summed E-state index contributed by atoms with van der Waals surface area (Å²) >= 11 is 11.0. The molecule has 0 saturated heterocycles. The molecule has 0 fully saturated rings. The molecule has 0 saturated carbocycles. The first kappa shape index (κ1) is 28.7. The van der Waals surface area contributed by atoms with Crippen molar-refractivity contribution in [1.82, 2.24) is 13.6 Å². The van der Waals surface area contributed by atoms with E-state index < -0.39 is 17.1 Å². The summed E-state index contributed by atoms with van der Waals surface area (Å²) in [5, 5.41) is 0.397. The predicted octanol–water partition coefficient (Wildman–Crippen LogP) is 5.23. The molecule has 10 heteroatoms. The second-order valence-corrected chi connectivity index (χ2v) is 10.1. The van der Waals surface area contributed by atoms with Gasteiger partial charge in [0.15, 0.2) is 11.2 Å². The van der Waals surface area contributed by atoms with Crippen molar-refractivity contribution >= 4 is 52.4 Å². The Morgan fingerprint density at radius 2 is 1.76 bits per heavy atom. The van der Waals surface area contributed by atoms with Gasteiger partial charge in [0.05, 0.1) is 17.8 Å². The molecule has 7 nitrogen and oxygen atoms in total. The van der Waals surface area contributed by atoms with E-state index in [4.69, 9.17) is 27.9 Å². The lowest BCUT2D eigenvalue weighted by molar-refractivity contribution is 0.0981. The van der Waals surface area contributed by atoms with Crippen LogP contribution in [0.4, 0.5) is 0 Å². The van der Waals surface area contributed by atoms with Crippen molar-refractivity contribution in [2.24, 2.45) is 0 Å². The van der Waals surface area contributed by atoms with E-state index >= 15 is 0 Å². The van der Waals surface area contributed by atoms with Gasteiger partial charge in [0.1, 0.15) is 10.8 Å². The molecule has 3 aromatic rings. The van der Waals surface area contributed by atoms with Crippen LogP contribution >= 0.6 is 23.2 Å². The number of aromatic nitrogens is 1. The lowest BCUT2D eigenvalue weighted by Crippen LogP contribution is -2.38. The SMILES string of the molecule is CCN(CC)S(=O)NC(=O)c1ccc(CCn2c(/C=C/c3cccc(OC)c3)c(Cl)cc(Cl)c2=O)cc1. The van der Waals surface area contributed by atoms with Gasteiger partial charge < -0.3 is 9.30 Å². The van der Waals surface area contributed by atoms with Gasteiger partial charge >= 0.3 is 0 Å². The molecule has 0 aliphatic carbocycles. The summed E-state index contributed by atoms with van der Waals surface area (Å²) in [7, 11) is 1.60. The third-order valence-corrected chi connectivity index (χ3v) is 7.64. The molecule has 1 amide bonds. The number of nitrogens with one attached hydrogen (secondary N) is 1. The van der Waals surface area contributed by atoms with Gasteiger partial charge in [0.25, 0.3) is 11.5 Å². The minimum atomic E-state index is -1.59. The highest BCUT2D eigenvalue weighted by Gasteiger charge is 2.15. The van der Waals surface area contributed by atoms with Gasteiger partial charge in [-0.2, -0.15) is 0 Å². The fourth-order valence-electron chi connectivity index (χ4n) is 3.65. The fourth-order valence-corrected chi connectivity index (χ4v) is 5.07. The number of rotatable bonds is 11. The number of amides is 1. The van der Waals surface area contributed by atoms with Gasteiger partial charge in [0.2, 0.25) is 0 Å². The fraction of sp³-hybridized carbons (Fsp3) is 0.259. The van der Waals surface area contributed by atoms with Crippen molar-refractivity contribution in [3.63, 3.8) is 0 Å². The van der Waals surface area contributed by atoms with Crippen LogP contribution in [-0.4, -0.2) is 39.2 Å². The number of methoxy groups -OCH3 is 1. The number of pyridine rings is 1. The molecular formula is C27H29Cl2N3O4S. The van der Waals surface area contributed by atoms with E-state index in [1.54, 1.807) is 41.8 Å². The summed E-state index contributed by atoms with van der Waals surface area (Å²) in [6.07, 6.45) is 4.13. The quantitative estimate of drug-likeness (QED) is 0.347. The maximum absolute atomic E-state index is 12.9. The van der Waals surface area contributed by atoms with Crippen LogP contribution in [0.25, 0.3) is 12.2 Å². The van der Waals surface area contributed by atoms with Crippen LogP contribution in [0.3, 0.4) is 0 Å². The first-order valence-corrected chi connectivity index (χ1v) is 13.6. The number of hydrogen-bond donors (Lipinski definition) is 1. The first-order chi connectivity index (χ1) is 17.8. The van der Waals surface area contributed by atoms with Crippen LogP contribution in [0.5, 0.6) is 5.75 Å². The zero-order valence-corrected chi connectivity index (χ0v) is 23.2. The topological polar surface area (TPSA) is 80.6 Å². The minimum absolute atomic E-state index is 0.0387. The monoisotopic (exact) mass is 561 g/mol. The Hall–Kier alpha value is -2.91. The van der Waals surface area contributed by atoms with E-state index in [1.165, 1.54) is 10.6 Å². The summed E-state index contributed by atoms with van der Waals surface area (Å²) in [6, 6.07) is 15.9. The van der Waals surface area contributed by atoms with Crippen LogP contribution in [-0.2, 0) is 24.1 Å². The average molecular weight is 563 g/mol. The van der Waals surface area contributed by atoms with E-state index in [0.29, 0.717) is 42.3 Å². The van der Waals surface area contributed by atoms with Crippen LogP contribution in [0.1, 0.15) is 41.0 Å². The molecule has 0 aliphatic rings. The number of hydrogen-bond acceptors (Lipinski definition) is 4.